The van der Waals surface area contributed by atoms with E-state index in [9.17, 15) is 17.2 Å². The van der Waals surface area contributed by atoms with Gasteiger partial charge in [0.1, 0.15) is 11.6 Å². The predicted octanol–water partition coefficient (Wildman–Crippen LogP) is 2.31. The smallest absolute Gasteiger partial charge is 0.211 e. The number of sulfonamides is 1. The number of piperidine rings is 1. The first-order valence-electron chi connectivity index (χ1n) is 8.70. The number of nitrogens with zero attached hydrogens (tertiary/aromatic N) is 2. The molecule has 0 aliphatic carbocycles. The van der Waals surface area contributed by atoms with Gasteiger partial charge >= 0.3 is 0 Å². The van der Waals surface area contributed by atoms with Gasteiger partial charge in [-0.05, 0) is 43.9 Å². The summed E-state index contributed by atoms with van der Waals surface area (Å²) in [7, 11) is -3.13. The van der Waals surface area contributed by atoms with E-state index in [0.29, 0.717) is 38.1 Å². The van der Waals surface area contributed by atoms with Crippen LogP contribution < -0.4 is 10.6 Å². The van der Waals surface area contributed by atoms with Crippen molar-refractivity contribution >= 4 is 40.0 Å². The predicted molar refractivity (Wildman–Crippen MR) is 114 cm³/mol. The lowest BCUT2D eigenvalue weighted by molar-refractivity contribution is 0.275. The average Bonchev–Trinajstić information content (AvgIpc) is 2.59. The molecule has 0 aromatic heterocycles. The Bertz CT molecular complexity index is 738. The van der Waals surface area contributed by atoms with Gasteiger partial charge in [0, 0.05) is 31.7 Å². The molecule has 2 rings (SSSR count). The van der Waals surface area contributed by atoms with Gasteiger partial charge in [0.05, 0.1) is 12.8 Å². The third-order valence-corrected chi connectivity index (χ3v) is 5.66. The summed E-state index contributed by atoms with van der Waals surface area (Å²) >= 11 is 0. The summed E-state index contributed by atoms with van der Waals surface area (Å²) in [6, 6.07) is 3.31. The number of nitrogens with one attached hydrogen (secondary N) is 2. The van der Waals surface area contributed by atoms with Crippen molar-refractivity contribution in [2.45, 2.75) is 26.3 Å². The van der Waals surface area contributed by atoms with Gasteiger partial charge in [-0.15, -0.1) is 24.0 Å². The van der Waals surface area contributed by atoms with Gasteiger partial charge in [0.2, 0.25) is 10.0 Å². The maximum Gasteiger partial charge on any atom is 0.211 e. The first-order chi connectivity index (χ1) is 12.3. The Balaban J connectivity index is 0.00000364. The van der Waals surface area contributed by atoms with Crippen molar-refractivity contribution in [1.82, 2.24) is 14.9 Å². The van der Waals surface area contributed by atoms with E-state index < -0.39 is 21.7 Å². The fourth-order valence-electron chi connectivity index (χ4n) is 2.86. The number of hydrogen-bond acceptors (Lipinski definition) is 3. The molecule has 1 aromatic carbocycles. The van der Waals surface area contributed by atoms with E-state index in [1.807, 2.05) is 6.92 Å². The first-order valence-corrected chi connectivity index (χ1v) is 10.6. The Labute approximate surface area is 176 Å². The molecule has 27 heavy (non-hydrogen) atoms. The Morgan fingerprint density at radius 1 is 1.26 bits per heavy atom. The van der Waals surface area contributed by atoms with Crippen LogP contribution in [-0.2, 0) is 16.6 Å². The van der Waals surface area contributed by atoms with Crippen LogP contribution in [0.2, 0.25) is 0 Å². The van der Waals surface area contributed by atoms with Crippen molar-refractivity contribution in [2.75, 3.05) is 32.4 Å². The van der Waals surface area contributed by atoms with Crippen LogP contribution in [0.15, 0.2) is 23.2 Å². The minimum atomic E-state index is -3.13. The largest absolute Gasteiger partial charge is 0.357 e. The maximum absolute atomic E-state index is 13.7. The third-order valence-electron chi connectivity index (χ3n) is 4.36. The summed E-state index contributed by atoms with van der Waals surface area (Å²) < 4.78 is 51.5. The highest BCUT2D eigenvalue weighted by molar-refractivity contribution is 14.0. The molecule has 1 aliphatic rings. The van der Waals surface area contributed by atoms with Gasteiger partial charge in [-0.2, -0.15) is 0 Å². The van der Waals surface area contributed by atoms with Crippen LogP contribution in [0.5, 0.6) is 0 Å². The molecule has 2 N–H and O–H groups in total. The quantitative estimate of drug-likeness (QED) is 0.346. The molecule has 1 heterocycles. The Hall–Kier alpha value is -1.01. The van der Waals surface area contributed by atoms with Crippen LogP contribution in [0.25, 0.3) is 0 Å². The molecule has 0 amide bonds. The van der Waals surface area contributed by atoms with Crippen molar-refractivity contribution in [2.24, 2.45) is 10.9 Å². The highest BCUT2D eigenvalue weighted by Gasteiger charge is 2.24. The molecule has 0 saturated carbocycles. The first kappa shape index (κ1) is 24.0. The van der Waals surface area contributed by atoms with Gasteiger partial charge in [-0.1, -0.05) is 0 Å². The zero-order chi connectivity index (χ0) is 19.2. The highest BCUT2D eigenvalue weighted by atomic mass is 127. The highest BCUT2D eigenvalue weighted by Crippen LogP contribution is 2.18. The van der Waals surface area contributed by atoms with Crippen molar-refractivity contribution in [3.05, 3.63) is 35.4 Å². The van der Waals surface area contributed by atoms with Crippen molar-refractivity contribution < 1.29 is 17.2 Å². The molecule has 1 saturated heterocycles. The van der Waals surface area contributed by atoms with Crippen molar-refractivity contribution in [3.63, 3.8) is 0 Å². The van der Waals surface area contributed by atoms with E-state index in [1.54, 1.807) is 0 Å². The number of rotatable bonds is 6. The molecule has 10 heteroatoms. The van der Waals surface area contributed by atoms with Crippen LogP contribution in [-0.4, -0.2) is 51.1 Å². The molecule has 0 radical (unpaired) electrons. The fourth-order valence-corrected chi connectivity index (χ4v) is 3.73. The van der Waals surface area contributed by atoms with Gasteiger partial charge in [-0.25, -0.2) is 26.5 Å². The Kier molecular flexibility index (Phi) is 9.88. The number of benzene rings is 1. The second-order valence-electron chi connectivity index (χ2n) is 6.42. The zero-order valence-electron chi connectivity index (χ0n) is 15.5. The number of halogens is 3. The monoisotopic (exact) mass is 516 g/mol. The maximum atomic E-state index is 13.7. The molecule has 154 valence electrons. The summed E-state index contributed by atoms with van der Waals surface area (Å²) in [4.78, 5) is 4.31. The summed E-state index contributed by atoms with van der Waals surface area (Å²) in [5, 5.41) is 6.28. The summed E-state index contributed by atoms with van der Waals surface area (Å²) in [6.07, 6.45) is 2.78. The molecule has 0 unspecified atom stereocenters. The van der Waals surface area contributed by atoms with E-state index >= 15 is 0 Å². The van der Waals surface area contributed by atoms with E-state index in [-0.39, 0.29) is 36.1 Å². The number of hydrogen-bond donors (Lipinski definition) is 2. The molecular weight excluding hydrogens is 489 g/mol. The van der Waals surface area contributed by atoms with Crippen LogP contribution in [0.1, 0.15) is 25.3 Å². The average molecular weight is 516 g/mol. The number of guanidine groups is 1. The SMILES string of the molecule is CCNC(=NCc1cc(F)ccc1F)NCC1CCN(S(C)(=O)=O)CC1.I. The van der Waals surface area contributed by atoms with E-state index in [0.717, 1.165) is 31.0 Å². The van der Waals surface area contributed by atoms with Crippen LogP contribution in [0.3, 0.4) is 0 Å². The lowest BCUT2D eigenvalue weighted by atomic mass is 9.98. The normalized spacial score (nSPS) is 16.7. The summed E-state index contributed by atoms with van der Waals surface area (Å²) in [6.45, 7) is 4.29. The molecule has 0 atom stereocenters. The van der Waals surface area contributed by atoms with Gasteiger partial charge < -0.3 is 10.6 Å². The molecule has 1 fully saturated rings. The molecule has 1 aliphatic heterocycles. The Morgan fingerprint density at radius 3 is 2.52 bits per heavy atom. The lowest BCUT2D eigenvalue weighted by Crippen LogP contribution is -2.44. The zero-order valence-corrected chi connectivity index (χ0v) is 18.7. The standard InChI is InChI=1S/C17H26F2N4O2S.HI/c1-3-20-17(22-12-14-10-15(18)4-5-16(14)19)21-11-13-6-8-23(9-7-13)26(2,24)25;/h4-5,10,13H,3,6-9,11-12H2,1-2H3,(H2,20,21,22);1H. The third kappa shape index (κ3) is 7.86. The van der Waals surface area contributed by atoms with Crippen LogP contribution in [0.4, 0.5) is 8.78 Å². The molecule has 1 aromatic rings. The second kappa shape index (κ2) is 11.1. The van der Waals surface area contributed by atoms with Gasteiger partial charge in [-0.3, -0.25) is 0 Å². The Morgan fingerprint density at radius 2 is 1.93 bits per heavy atom. The fraction of sp³-hybridized carbons (Fsp3) is 0.588. The topological polar surface area (TPSA) is 73.8 Å². The van der Waals surface area contributed by atoms with E-state index in [1.165, 1.54) is 10.6 Å². The van der Waals surface area contributed by atoms with Gasteiger partial charge in [0.25, 0.3) is 0 Å². The minimum Gasteiger partial charge on any atom is -0.357 e. The van der Waals surface area contributed by atoms with Crippen LogP contribution >= 0.6 is 24.0 Å². The molecule has 0 spiro atoms. The van der Waals surface area contributed by atoms with Crippen molar-refractivity contribution in [1.29, 1.82) is 0 Å². The number of aliphatic imine (C=N–C) groups is 1. The summed E-state index contributed by atoms with van der Waals surface area (Å²) in [5.74, 6) is -0.115. The van der Waals surface area contributed by atoms with Crippen molar-refractivity contribution in [3.8, 4) is 0 Å². The molecule has 0 bridgehead atoms. The molecular formula is C17H27F2IN4O2S. The lowest BCUT2D eigenvalue weighted by Gasteiger charge is -2.30. The molecule has 6 nitrogen and oxygen atoms in total. The minimum absolute atomic E-state index is 0. The summed E-state index contributed by atoms with van der Waals surface area (Å²) in [5.41, 5.74) is 0.198. The van der Waals surface area contributed by atoms with Gasteiger partial charge in [0.15, 0.2) is 5.96 Å². The van der Waals surface area contributed by atoms with Crippen LogP contribution in [0, 0.1) is 17.6 Å². The van der Waals surface area contributed by atoms with E-state index in [4.69, 9.17) is 0 Å². The second-order valence-corrected chi connectivity index (χ2v) is 8.40. The van der Waals surface area contributed by atoms with E-state index in [2.05, 4.69) is 15.6 Å².